The van der Waals surface area contributed by atoms with Crippen molar-refractivity contribution >= 4 is 41.3 Å². The van der Waals surface area contributed by atoms with Crippen LogP contribution in [0.15, 0.2) is 18.2 Å². The molecule has 5 nitrogen and oxygen atoms in total. The molecule has 0 aliphatic heterocycles. The average molecular weight is 314 g/mol. The van der Waals surface area contributed by atoms with Crippen LogP contribution in [0.3, 0.4) is 0 Å². The SMILES string of the molecule is CC(C)(C)OC(=O)n1c(B(O)O)cc2cc(F)c(Cl)cc21. The lowest BCUT2D eigenvalue weighted by Crippen LogP contribution is -2.41. The van der Waals surface area contributed by atoms with E-state index >= 15 is 0 Å². The van der Waals surface area contributed by atoms with Gasteiger partial charge >= 0.3 is 13.2 Å². The van der Waals surface area contributed by atoms with Gasteiger partial charge in [0.25, 0.3) is 0 Å². The lowest BCUT2D eigenvalue weighted by Gasteiger charge is -2.21. The zero-order valence-electron chi connectivity index (χ0n) is 11.7. The zero-order valence-corrected chi connectivity index (χ0v) is 12.5. The van der Waals surface area contributed by atoms with E-state index in [0.29, 0.717) is 5.39 Å². The number of aromatic nitrogens is 1. The van der Waals surface area contributed by atoms with Gasteiger partial charge in [0, 0.05) is 5.39 Å². The highest BCUT2D eigenvalue weighted by Gasteiger charge is 2.27. The monoisotopic (exact) mass is 313 g/mol. The summed E-state index contributed by atoms with van der Waals surface area (Å²) in [5.74, 6) is -0.663. The van der Waals surface area contributed by atoms with Crippen LogP contribution in [0.5, 0.6) is 0 Å². The zero-order chi connectivity index (χ0) is 15.9. The Morgan fingerprint density at radius 3 is 2.48 bits per heavy atom. The summed E-state index contributed by atoms with van der Waals surface area (Å²) in [6.07, 6.45) is -0.803. The van der Waals surface area contributed by atoms with E-state index in [1.807, 2.05) is 0 Å². The van der Waals surface area contributed by atoms with Gasteiger partial charge in [-0.15, -0.1) is 0 Å². The number of fused-ring (bicyclic) bond motifs is 1. The minimum absolute atomic E-state index is 0.124. The number of hydrogen-bond acceptors (Lipinski definition) is 4. The molecular weight excluding hydrogens is 299 g/mol. The van der Waals surface area contributed by atoms with E-state index in [4.69, 9.17) is 16.3 Å². The van der Waals surface area contributed by atoms with Crippen molar-refractivity contribution in [2.45, 2.75) is 26.4 Å². The minimum Gasteiger partial charge on any atom is -0.443 e. The molecule has 2 N–H and O–H groups in total. The van der Waals surface area contributed by atoms with Crippen molar-refractivity contribution in [3.8, 4) is 0 Å². The molecule has 1 heterocycles. The molecule has 0 bridgehead atoms. The smallest absolute Gasteiger partial charge is 0.443 e. The lowest BCUT2D eigenvalue weighted by atomic mass is 9.86. The van der Waals surface area contributed by atoms with E-state index < -0.39 is 24.6 Å². The first kappa shape index (κ1) is 15.8. The first-order valence-corrected chi connectivity index (χ1v) is 6.58. The highest BCUT2D eigenvalue weighted by atomic mass is 35.5. The Kier molecular flexibility index (Phi) is 4.01. The first-order chi connectivity index (χ1) is 9.60. The van der Waals surface area contributed by atoms with Gasteiger partial charge in [-0.05, 0) is 39.0 Å². The maximum absolute atomic E-state index is 13.5. The summed E-state index contributed by atoms with van der Waals surface area (Å²) >= 11 is 5.72. The molecule has 0 saturated carbocycles. The van der Waals surface area contributed by atoms with E-state index in [9.17, 15) is 19.2 Å². The Labute approximate surface area is 126 Å². The largest absolute Gasteiger partial charge is 0.506 e. The minimum atomic E-state index is -1.91. The number of benzene rings is 1. The standard InChI is InChI=1S/C13H14BClFNO4/c1-13(2,3)21-12(18)17-10-6-8(15)9(16)4-7(10)5-11(17)14(19)20/h4-6,19-20H,1-3H3. The highest BCUT2D eigenvalue weighted by molar-refractivity contribution is 6.59. The quantitative estimate of drug-likeness (QED) is 0.789. The van der Waals surface area contributed by atoms with Crippen molar-refractivity contribution < 1.29 is 24.0 Å². The fraction of sp³-hybridized carbons (Fsp3) is 0.308. The number of rotatable bonds is 1. The summed E-state index contributed by atoms with van der Waals surface area (Å²) < 4.78 is 19.7. The number of carbonyl (C=O) groups excluding carboxylic acids is 1. The predicted molar refractivity (Wildman–Crippen MR) is 78.4 cm³/mol. The second-order valence-corrected chi connectivity index (χ2v) is 5.99. The molecule has 0 saturated heterocycles. The Hall–Kier alpha value is -1.57. The summed E-state index contributed by atoms with van der Waals surface area (Å²) in [6.45, 7) is 5.04. The van der Waals surface area contributed by atoms with Crippen molar-refractivity contribution in [1.29, 1.82) is 0 Å². The third-order valence-corrected chi connectivity index (χ3v) is 3.00. The molecule has 0 radical (unpaired) electrons. The lowest BCUT2D eigenvalue weighted by molar-refractivity contribution is 0.0547. The van der Waals surface area contributed by atoms with Crippen LogP contribution in [0.25, 0.3) is 10.9 Å². The summed E-state index contributed by atoms with van der Waals surface area (Å²) in [7, 11) is -1.91. The van der Waals surface area contributed by atoms with Gasteiger partial charge < -0.3 is 14.8 Å². The summed E-state index contributed by atoms with van der Waals surface area (Å²) in [5.41, 5.74) is -0.658. The number of nitrogens with zero attached hydrogens (tertiary/aromatic N) is 1. The molecular formula is C13H14BClFNO4. The van der Waals surface area contributed by atoms with Gasteiger partial charge in [0.1, 0.15) is 11.4 Å². The van der Waals surface area contributed by atoms with Crippen molar-refractivity contribution in [3.63, 3.8) is 0 Å². The second kappa shape index (κ2) is 5.33. The molecule has 0 unspecified atom stereocenters. The van der Waals surface area contributed by atoms with Gasteiger partial charge in [-0.3, -0.25) is 4.57 Å². The number of halogens is 2. The van der Waals surface area contributed by atoms with Crippen molar-refractivity contribution in [3.05, 3.63) is 29.0 Å². The Bertz CT molecular complexity index is 708. The van der Waals surface area contributed by atoms with Crippen LogP contribution in [-0.4, -0.2) is 33.4 Å². The molecule has 0 amide bonds. The number of carbonyl (C=O) groups is 1. The molecule has 1 aromatic carbocycles. The van der Waals surface area contributed by atoms with Crippen molar-refractivity contribution in [1.82, 2.24) is 4.57 Å². The molecule has 8 heteroatoms. The molecule has 112 valence electrons. The van der Waals surface area contributed by atoms with Gasteiger partial charge in [0.15, 0.2) is 0 Å². The Morgan fingerprint density at radius 2 is 1.95 bits per heavy atom. The van der Waals surface area contributed by atoms with Crippen LogP contribution in [0.4, 0.5) is 9.18 Å². The van der Waals surface area contributed by atoms with Gasteiger partial charge in [-0.1, -0.05) is 11.6 Å². The molecule has 2 aromatic rings. The van der Waals surface area contributed by atoms with Crippen molar-refractivity contribution in [2.75, 3.05) is 0 Å². The predicted octanol–water partition coefficient (Wildman–Crippen LogP) is 1.90. The van der Waals surface area contributed by atoms with E-state index in [1.165, 1.54) is 12.1 Å². The Balaban J connectivity index is 2.66. The van der Waals surface area contributed by atoms with Crippen LogP contribution >= 0.6 is 11.6 Å². The molecule has 0 spiro atoms. The number of hydrogen-bond donors (Lipinski definition) is 2. The summed E-state index contributed by atoms with van der Waals surface area (Å²) in [5, 5.41) is 18.9. The molecule has 0 fully saturated rings. The van der Waals surface area contributed by atoms with E-state index in [1.54, 1.807) is 20.8 Å². The van der Waals surface area contributed by atoms with Crippen LogP contribution in [0.1, 0.15) is 20.8 Å². The Morgan fingerprint density at radius 1 is 1.33 bits per heavy atom. The van der Waals surface area contributed by atoms with Crippen molar-refractivity contribution in [2.24, 2.45) is 0 Å². The van der Waals surface area contributed by atoms with Crippen LogP contribution in [0, 0.1) is 5.82 Å². The maximum atomic E-state index is 13.5. The fourth-order valence-corrected chi connectivity index (χ4v) is 2.08. The third-order valence-electron chi connectivity index (χ3n) is 2.71. The topological polar surface area (TPSA) is 71.7 Å². The highest BCUT2D eigenvalue weighted by Crippen LogP contribution is 2.24. The molecule has 0 aliphatic carbocycles. The molecule has 0 atom stereocenters. The number of ether oxygens (including phenoxy) is 1. The van der Waals surface area contributed by atoms with E-state index in [-0.39, 0.29) is 16.1 Å². The molecule has 1 aromatic heterocycles. The summed E-state index contributed by atoms with van der Waals surface area (Å²) in [6, 6.07) is 3.65. The van der Waals surface area contributed by atoms with Gasteiger partial charge in [0.2, 0.25) is 0 Å². The molecule has 0 aliphatic rings. The van der Waals surface area contributed by atoms with Crippen LogP contribution in [0.2, 0.25) is 5.02 Å². The van der Waals surface area contributed by atoms with E-state index in [2.05, 4.69) is 0 Å². The third kappa shape index (κ3) is 3.20. The molecule has 2 rings (SSSR count). The van der Waals surface area contributed by atoms with E-state index in [0.717, 1.165) is 10.6 Å². The van der Waals surface area contributed by atoms with Gasteiger partial charge in [-0.25, -0.2) is 9.18 Å². The van der Waals surface area contributed by atoms with Crippen LogP contribution in [-0.2, 0) is 4.74 Å². The van der Waals surface area contributed by atoms with Gasteiger partial charge in [0.05, 0.1) is 16.1 Å². The second-order valence-electron chi connectivity index (χ2n) is 5.58. The maximum Gasteiger partial charge on any atom is 0.506 e. The molecule has 21 heavy (non-hydrogen) atoms. The average Bonchev–Trinajstić information content (AvgIpc) is 2.66. The summed E-state index contributed by atoms with van der Waals surface area (Å²) in [4.78, 5) is 12.2. The fourth-order valence-electron chi connectivity index (χ4n) is 1.93. The normalized spacial score (nSPS) is 11.8. The first-order valence-electron chi connectivity index (χ1n) is 6.20. The van der Waals surface area contributed by atoms with Gasteiger partial charge in [-0.2, -0.15) is 0 Å². The van der Waals surface area contributed by atoms with Crippen LogP contribution < -0.4 is 5.59 Å².